The van der Waals surface area contributed by atoms with E-state index in [1.807, 2.05) is 0 Å². The van der Waals surface area contributed by atoms with Crippen molar-refractivity contribution in [1.29, 1.82) is 0 Å². The third kappa shape index (κ3) is 3.96. The topological polar surface area (TPSA) is 6.48 Å². The Bertz CT molecular complexity index is 2610. The highest BCUT2D eigenvalue weighted by Gasteiger charge is 2.51. The molecule has 0 aromatic heterocycles. The highest BCUT2D eigenvalue weighted by molar-refractivity contribution is 7.22. The summed E-state index contributed by atoms with van der Waals surface area (Å²) >= 11 is 0. The first-order chi connectivity index (χ1) is 25.8. The van der Waals surface area contributed by atoms with Crippen LogP contribution in [0.5, 0.6) is 0 Å². The second kappa shape index (κ2) is 11.3. The summed E-state index contributed by atoms with van der Waals surface area (Å²) < 4.78 is 0. The van der Waals surface area contributed by atoms with Gasteiger partial charge in [-0.3, -0.25) is 0 Å². The summed E-state index contributed by atoms with van der Waals surface area (Å²) in [7, 11) is -2.70. The van der Waals surface area contributed by atoms with Gasteiger partial charge in [0.15, 0.2) is 8.07 Å². The molecule has 0 fully saturated rings. The fourth-order valence-electron chi connectivity index (χ4n) is 9.53. The molecule has 0 amide bonds. The molecule has 242 valence electrons. The minimum Gasteiger partial charge on any atom is -0.311 e. The van der Waals surface area contributed by atoms with Gasteiger partial charge in [0.25, 0.3) is 6.71 Å². The van der Waals surface area contributed by atoms with E-state index in [1.54, 1.807) is 0 Å². The summed E-state index contributed by atoms with van der Waals surface area (Å²) in [5.41, 5.74) is 14.0. The molecule has 0 spiro atoms. The SMILES string of the molecule is c1ccc(N2c3ccccc3B3c4cc5c(cc4N(c4ccccc4)c4cccc2c43)-c2ccccc2[Si]5(c2ccccc2)c2ccccc2)cc1. The number of para-hydroxylation sites is 3. The van der Waals surface area contributed by atoms with Crippen LogP contribution in [0.4, 0.5) is 34.1 Å². The third-order valence-corrected chi connectivity index (χ3v) is 16.4. The molecule has 2 nitrogen and oxygen atoms in total. The Morgan fingerprint density at radius 1 is 0.346 bits per heavy atom. The summed E-state index contributed by atoms with van der Waals surface area (Å²) in [6.45, 7) is 0.0598. The maximum absolute atomic E-state index is 2.70. The predicted molar refractivity (Wildman–Crippen MR) is 223 cm³/mol. The van der Waals surface area contributed by atoms with Gasteiger partial charge in [-0.25, -0.2) is 0 Å². The van der Waals surface area contributed by atoms with Gasteiger partial charge in [0, 0.05) is 34.1 Å². The average molecular weight is 677 g/mol. The van der Waals surface area contributed by atoms with Crippen LogP contribution in [0.15, 0.2) is 200 Å². The van der Waals surface area contributed by atoms with Gasteiger partial charge < -0.3 is 9.80 Å². The molecule has 0 atom stereocenters. The molecule has 0 N–H and O–H groups in total. The van der Waals surface area contributed by atoms with Gasteiger partial charge in [0.1, 0.15) is 0 Å². The molecule has 3 aliphatic heterocycles. The normalized spacial score (nSPS) is 14.2. The summed E-state index contributed by atoms with van der Waals surface area (Å²) in [4.78, 5) is 4.99. The summed E-state index contributed by atoms with van der Waals surface area (Å²) in [5.74, 6) is 0. The first kappa shape index (κ1) is 29.4. The number of benzene rings is 8. The summed E-state index contributed by atoms with van der Waals surface area (Å²) in [6, 6.07) is 74.9. The van der Waals surface area contributed by atoms with Crippen LogP contribution in [-0.4, -0.2) is 14.8 Å². The van der Waals surface area contributed by atoms with Gasteiger partial charge in [-0.05, 0) is 96.8 Å². The van der Waals surface area contributed by atoms with Crippen molar-refractivity contribution in [3.63, 3.8) is 0 Å². The van der Waals surface area contributed by atoms with Gasteiger partial charge >= 0.3 is 0 Å². The van der Waals surface area contributed by atoms with Crippen LogP contribution in [0.3, 0.4) is 0 Å². The monoisotopic (exact) mass is 676 g/mol. The lowest BCUT2D eigenvalue weighted by atomic mass is 9.33. The molecule has 0 aliphatic carbocycles. The highest BCUT2D eigenvalue weighted by Crippen LogP contribution is 2.44. The van der Waals surface area contributed by atoms with E-state index >= 15 is 0 Å². The van der Waals surface area contributed by atoms with Crippen LogP contribution in [0.2, 0.25) is 0 Å². The lowest BCUT2D eigenvalue weighted by Crippen LogP contribution is -2.73. The van der Waals surface area contributed by atoms with Crippen molar-refractivity contribution in [3.8, 4) is 11.1 Å². The lowest BCUT2D eigenvalue weighted by Gasteiger charge is -2.44. The van der Waals surface area contributed by atoms with Crippen LogP contribution < -0.4 is 46.9 Å². The fraction of sp³-hybridized carbons (Fsp3) is 0. The van der Waals surface area contributed by atoms with E-state index in [4.69, 9.17) is 0 Å². The van der Waals surface area contributed by atoms with E-state index in [1.165, 1.54) is 82.4 Å². The predicted octanol–water partition coefficient (Wildman–Crippen LogP) is 7.13. The Balaban J connectivity index is 1.28. The Morgan fingerprint density at radius 3 is 1.48 bits per heavy atom. The number of fused-ring (bicyclic) bond motifs is 7. The molecular weight excluding hydrogens is 643 g/mol. The van der Waals surface area contributed by atoms with Crippen molar-refractivity contribution < 1.29 is 0 Å². The molecule has 8 aromatic carbocycles. The van der Waals surface area contributed by atoms with Crippen LogP contribution >= 0.6 is 0 Å². The van der Waals surface area contributed by atoms with Crippen LogP contribution in [0.25, 0.3) is 11.1 Å². The average Bonchev–Trinajstić information content (AvgIpc) is 3.51. The Labute approximate surface area is 306 Å². The Hall–Kier alpha value is -6.36. The molecule has 3 aliphatic rings. The zero-order valence-electron chi connectivity index (χ0n) is 28.5. The maximum Gasteiger partial charge on any atom is 0.252 e. The van der Waals surface area contributed by atoms with Crippen LogP contribution in [-0.2, 0) is 0 Å². The largest absolute Gasteiger partial charge is 0.311 e. The van der Waals surface area contributed by atoms with Crippen molar-refractivity contribution in [1.82, 2.24) is 0 Å². The van der Waals surface area contributed by atoms with Gasteiger partial charge in [0.2, 0.25) is 0 Å². The van der Waals surface area contributed by atoms with Gasteiger partial charge in [0.05, 0.1) is 0 Å². The van der Waals surface area contributed by atoms with Crippen LogP contribution in [0, 0.1) is 0 Å². The van der Waals surface area contributed by atoms with E-state index in [2.05, 4.69) is 210 Å². The van der Waals surface area contributed by atoms with Crippen molar-refractivity contribution in [3.05, 3.63) is 200 Å². The Kier molecular flexibility index (Phi) is 6.40. The minimum atomic E-state index is -2.70. The van der Waals surface area contributed by atoms with E-state index in [0.717, 1.165) is 0 Å². The number of nitrogens with zero attached hydrogens (tertiary/aromatic N) is 2. The lowest BCUT2D eigenvalue weighted by molar-refractivity contribution is 1.25. The number of hydrogen-bond donors (Lipinski definition) is 0. The van der Waals surface area contributed by atoms with E-state index < -0.39 is 8.07 Å². The van der Waals surface area contributed by atoms with Crippen molar-refractivity contribution in [2.45, 2.75) is 0 Å². The van der Waals surface area contributed by atoms with E-state index in [-0.39, 0.29) is 6.71 Å². The van der Waals surface area contributed by atoms with Crippen molar-refractivity contribution >= 4 is 86.0 Å². The zero-order valence-corrected chi connectivity index (χ0v) is 29.5. The van der Waals surface area contributed by atoms with Gasteiger partial charge in [-0.2, -0.15) is 0 Å². The molecule has 0 bridgehead atoms. The number of anilines is 6. The minimum absolute atomic E-state index is 0.0598. The van der Waals surface area contributed by atoms with E-state index in [0.29, 0.717) is 0 Å². The second-order valence-electron chi connectivity index (χ2n) is 14.0. The van der Waals surface area contributed by atoms with Gasteiger partial charge in [-0.1, -0.05) is 152 Å². The van der Waals surface area contributed by atoms with E-state index in [9.17, 15) is 0 Å². The fourth-order valence-corrected chi connectivity index (χ4v) is 14.7. The molecule has 4 heteroatoms. The molecule has 11 rings (SSSR count). The summed E-state index contributed by atoms with van der Waals surface area (Å²) in [5, 5.41) is 5.78. The molecule has 0 unspecified atom stereocenters. The molecular formula is C48H33BN2Si. The first-order valence-electron chi connectivity index (χ1n) is 18.2. The van der Waals surface area contributed by atoms with Crippen molar-refractivity contribution in [2.24, 2.45) is 0 Å². The molecule has 0 saturated heterocycles. The number of rotatable bonds is 4. The van der Waals surface area contributed by atoms with Gasteiger partial charge in [-0.15, -0.1) is 0 Å². The Morgan fingerprint density at radius 2 is 0.846 bits per heavy atom. The standard InChI is InChI=1S/C48H33BN2Si/c1-5-18-34(19-6-1)50-42-28-15-14-27-40(42)49-41-33-47-39(32-45(41)51(35-20-7-2-8-21-35)44-30-17-29-43(50)48(44)49)38-26-13-16-31-46(38)52(47,36-22-9-3-10-23-36)37-24-11-4-12-25-37/h1-33H. The molecule has 0 radical (unpaired) electrons. The number of hydrogen-bond acceptors (Lipinski definition) is 2. The van der Waals surface area contributed by atoms with Crippen molar-refractivity contribution in [2.75, 3.05) is 9.80 Å². The second-order valence-corrected chi connectivity index (χ2v) is 17.8. The van der Waals surface area contributed by atoms with Crippen LogP contribution in [0.1, 0.15) is 0 Å². The molecule has 3 heterocycles. The molecule has 52 heavy (non-hydrogen) atoms. The smallest absolute Gasteiger partial charge is 0.252 e. The zero-order chi connectivity index (χ0) is 34.2. The maximum atomic E-state index is 2.65. The first-order valence-corrected chi connectivity index (χ1v) is 20.2. The summed E-state index contributed by atoms with van der Waals surface area (Å²) in [6.07, 6.45) is 0. The molecule has 0 saturated carbocycles. The quantitative estimate of drug-likeness (QED) is 0.183. The third-order valence-electron chi connectivity index (χ3n) is 11.5. The highest BCUT2D eigenvalue weighted by atomic mass is 28.3. The molecule has 8 aromatic rings.